The molecule has 4 heterocycles. The zero-order valence-corrected chi connectivity index (χ0v) is 39.0. The lowest BCUT2D eigenvalue weighted by molar-refractivity contribution is -0.386. The molecule has 0 radical (unpaired) electrons. The Bertz CT molecular complexity index is 2950. The number of nitrogens with one attached hydrogen (secondary N) is 2. The van der Waals surface area contributed by atoms with Crippen molar-refractivity contribution in [2.24, 2.45) is 11.3 Å². The molecule has 6 aromatic rings. The topological polar surface area (TPSA) is 189 Å². The standard InChI is InChI=1S/C49H55ClN8O7S/c1-4-49(60)18-13-32(14-19-49)31-65-45-12-10-38(27-44(45)58(61)62)66(63,64)54-47(59)39-11-9-37(26-42(39)57-43-25-34-16-20-51-46(34)53-41(43)29-52-57)56-23-21-55(22-24-56)30-35-15-17-48(2,3)28-40(35)33-5-7-36(50)8-6-33/h5-12,16,20,25-27,29,32,60H,4,13-15,17-19,21-24,28,30-31H2,1-3H3,(H,51,53)(H,54,59)/t32-,49+. The van der Waals surface area contributed by atoms with Gasteiger partial charge in [-0.1, -0.05) is 50.1 Å². The van der Waals surface area contributed by atoms with Crippen LogP contribution in [0.1, 0.15) is 88.1 Å². The fourth-order valence-corrected chi connectivity index (χ4v) is 10.8. The van der Waals surface area contributed by atoms with Crippen LogP contribution < -0.4 is 14.4 Å². The summed E-state index contributed by atoms with van der Waals surface area (Å²) in [6, 6.07) is 20.6. The minimum absolute atomic E-state index is 0.0268. The first kappa shape index (κ1) is 45.4. The van der Waals surface area contributed by atoms with Crippen LogP contribution in [0.25, 0.3) is 33.3 Å². The van der Waals surface area contributed by atoms with E-state index < -0.39 is 37.0 Å². The molecule has 3 aliphatic rings. The summed E-state index contributed by atoms with van der Waals surface area (Å²) >= 11 is 6.26. The van der Waals surface area contributed by atoms with Crippen LogP contribution in [0.15, 0.2) is 95.7 Å². The molecule has 15 nitrogen and oxygen atoms in total. The van der Waals surface area contributed by atoms with Crippen LogP contribution in [0.5, 0.6) is 5.75 Å². The predicted molar refractivity (Wildman–Crippen MR) is 256 cm³/mol. The van der Waals surface area contributed by atoms with Gasteiger partial charge in [-0.25, -0.2) is 22.8 Å². The molecule has 1 aliphatic heterocycles. The van der Waals surface area contributed by atoms with Crippen molar-refractivity contribution in [3.8, 4) is 11.4 Å². The van der Waals surface area contributed by atoms with Crippen LogP contribution >= 0.6 is 11.6 Å². The second kappa shape index (κ2) is 18.1. The Morgan fingerprint density at radius 1 is 1.02 bits per heavy atom. The normalized spacial score (nSPS) is 20.5. The number of nitro groups is 1. The number of rotatable bonds is 13. The summed E-state index contributed by atoms with van der Waals surface area (Å²) in [7, 11) is -4.62. The van der Waals surface area contributed by atoms with Gasteiger partial charge in [-0.3, -0.25) is 19.8 Å². The highest BCUT2D eigenvalue weighted by molar-refractivity contribution is 7.90. The van der Waals surface area contributed by atoms with Crippen LogP contribution in [-0.2, 0) is 10.0 Å². The summed E-state index contributed by atoms with van der Waals surface area (Å²) in [5.74, 6) is -0.921. The number of fused-ring (bicyclic) bond motifs is 2. The minimum Gasteiger partial charge on any atom is -0.487 e. The van der Waals surface area contributed by atoms with E-state index in [0.29, 0.717) is 54.5 Å². The second-order valence-electron chi connectivity index (χ2n) is 18.9. The molecule has 3 N–H and O–H groups in total. The molecule has 3 aromatic heterocycles. The fourth-order valence-electron chi connectivity index (χ4n) is 9.71. The van der Waals surface area contributed by atoms with Gasteiger partial charge >= 0.3 is 5.69 Å². The lowest BCUT2D eigenvalue weighted by Gasteiger charge is -2.39. The van der Waals surface area contributed by atoms with Gasteiger partial charge in [0.2, 0.25) is 0 Å². The first-order valence-corrected chi connectivity index (χ1v) is 24.5. The van der Waals surface area contributed by atoms with E-state index in [9.17, 15) is 28.4 Å². The van der Waals surface area contributed by atoms with Crippen LogP contribution in [0, 0.1) is 21.4 Å². The second-order valence-corrected chi connectivity index (χ2v) is 21.0. The Balaban J connectivity index is 0.959. The van der Waals surface area contributed by atoms with Crippen molar-refractivity contribution in [2.45, 2.75) is 82.6 Å². The van der Waals surface area contributed by atoms with Gasteiger partial charge < -0.3 is 19.7 Å². The third-order valence-electron chi connectivity index (χ3n) is 13.9. The van der Waals surface area contributed by atoms with E-state index in [-0.39, 0.29) is 29.3 Å². The maximum Gasteiger partial charge on any atom is 0.312 e. The van der Waals surface area contributed by atoms with E-state index >= 15 is 0 Å². The van der Waals surface area contributed by atoms with Gasteiger partial charge in [0.25, 0.3) is 15.9 Å². The van der Waals surface area contributed by atoms with Gasteiger partial charge in [0.15, 0.2) is 5.75 Å². The maximum absolute atomic E-state index is 14.2. The molecule has 9 rings (SSSR count). The number of amides is 1. The zero-order valence-electron chi connectivity index (χ0n) is 37.4. The number of hydrogen-bond acceptors (Lipinski definition) is 11. The van der Waals surface area contributed by atoms with Crippen molar-refractivity contribution in [1.82, 2.24) is 29.4 Å². The van der Waals surface area contributed by atoms with E-state index in [4.69, 9.17) is 21.3 Å². The molecule has 66 heavy (non-hydrogen) atoms. The third kappa shape index (κ3) is 9.55. The highest BCUT2D eigenvalue weighted by Crippen LogP contribution is 2.44. The molecule has 0 spiro atoms. The molecule has 0 unspecified atom stereocenters. The quantitative estimate of drug-likeness (QED) is 0.0740. The SMILES string of the molecule is CC[C@]1(O)CC[C@@H](COc2ccc(S(=O)(=O)NC(=O)c3ccc(N4CCN(CC5=C(c6ccc(Cl)cc6)CC(C)(C)CC5)CC4)cc3-n3ncc4nc5[nH]ccc5cc43)cc2[N+](=O)[O-])CC1. The van der Waals surface area contributed by atoms with Crippen molar-refractivity contribution in [2.75, 3.05) is 44.2 Å². The zero-order chi connectivity index (χ0) is 46.4. The Morgan fingerprint density at radius 3 is 2.50 bits per heavy atom. The number of aromatic amines is 1. The van der Waals surface area contributed by atoms with E-state index in [1.54, 1.807) is 23.1 Å². The first-order valence-electron chi connectivity index (χ1n) is 22.7. The van der Waals surface area contributed by atoms with Gasteiger partial charge in [-0.05, 0) is 128 Å². The molecule has 1 saturated carbocycles. The maximum atomic E-state index is 14.2. The molecule has 17 heteroatoms. The number of sulfonamides is 1. The number of allylic oxidation sites excluding steroid dienone is 1. The molecule has 0 bridgehead atoms. The number of carbonyl (C=O) groups excluding carboxylic acids is 1. The molecular weight excluding hydrogens is 880 g/mol. The summed E-state index contributed by atoms with van der Waals surface area (Å²) in [6.45, 7) is 10.8. The molecular formula is C49H55ClN8O7S. The highest BCUT2D eigenvalue weighted by Gasteiger charge is 2.33. The molecule has 346 valence electrons. The number of anilines is 1. The summed E-state index contributed by atoms with van der Waals surface area (Å²) in [5, 5.41) is 29.0. The van der Waals surface area contributed by atoms with Gasteiger partial charge in [-0.2, -0.15) is 5.10 Å². The van der Waals surface area contributed by atoms with Crippen molar-refractivity contribution >= 4 is 66.5 Å². The molecule has 1 amide bonds. The number of hydrogen-bond donors (Lipinski definition) is 3. The van der Waals surface area contributed by atoms with Gasteiger partial charge in [0.05, 0.1) is 45.0 Å². The molecule has 1 saturated heterocycles. The van der Waals surface area contributed by atoms with Crippen LogP contribution in [0.4, 0.5) is 11.4 Å². The smallest absolute Gasteiger partial charge is 0.312 e. The lowest BCUT2D eigenvalue weighted by Crippen LogP contribution is -2.47. The van der Waals surface area contributed by atoms with E-state index in [2.05, 4.69) is 50.6 Å². The van der Waals surface area contributed by atoms with Crippen molar-refractivity contribution in [3.63, 3.8) is 0 Å². The Morgan fingerprint density at radius 2 is 1.77 bits per heavy atom. The lowest BCUT2D eigenvalue weighted by atomic mass is 9.72. The average molecular weight is 936 g/mol. The Kier molecular flexibility index (Phi) is 12.4. The number of aromatic nitrogens is 4. The number of nitro benzene ring substituents is 1. The number of nitrogens with zero attached hydrogens (tertiary/aromatic N) is 6. The number of H-pyrrole nitrogens is 1. The minimum atomic E-state index is -4.62. The van der Waals surface area contributed by atoms with E-state index in [0.717, 1.165) is 74.1 Å². The first-order chi connectivity index (χ1) is 31.6. The Labute approximate surface area is 389 Å². The largest absolute Gasteiger partial charge is 0.487 e. The molecule has 0 atom stereocenters. The number of ether oxygens (including phenoxy) is 1. The number of piperazine rings is 1. The van der Waals surface area contributed by atoms with Crippen molar-refractivity contribution < 1.29 is 28.0 Å². The molecule has 2 fully saturated rings. The highest BCUT2D eigenvalue weighted by atomic mass is 35.5. The van der Waals surface area contributed by atoms with Gasteiger partial charge in [0, 0.05) is 61.1 Å². The van der Waals surface area contributed by atoms with Crippen molar-refractivity contribution in [1.29, 1.82) is 0 Å². The fraction of sp³-hybridized carbons (Fsp3) is 0.408. The summed E-state index contributed by atoms with van der Waals surface area (Å²) < 4.78 is 37.4. The third-order valence-corrected chi connectivity index (χ3v) is 15.5. The number of carbonyl (C=O) groups is 1. The van der Waals surface area contributed by atoms with Gasteiger partial charge in [-0.15, -0.1) is 0 Å². The predicted octanol–water partition coefficient (Wildman–Crippen LogP) is 9.08. The number of halogens is 1. The van der Waals surface area contributed by atoms with Crippen LogP contribution in [0.3, 0.4) is 0 Å². The van der Waals surface area contributed by atoms with E-state index in [1.807, 2.05) is 43.3 Å². The number of pyridine rings is 1. The van der Waals surface area contributed by atoms with Crippen LogP contribution in [-0.4, -0.2) is 93.9 Å². The van der Waals surface area contributed by atoms with Crippen molar-refractivity contribution in [3.05, 3.63) is 117 Å². The monoisotopic (exact) mass is 934 g/mol. The average Bonchev–Trinajstić information content (AvgIpc) is 3.95. The summed E-state index contributed by atoms with van der Waals surface area (Å²) in [4.78, 5) is 37.9. The Hall–Kier alpha value is -5.81. The summed E-state index contributed by atoms with van der Waals surface area (Å²) in [6.07, 6.45) is 9.88. The van der Waals surface area contributed by atoms with E-state index in [1.165, 1.54) is 28.8 Å². The van der Waals surface area contributed by atoms with Gasteiger partial charge in [0.1, 0.15) is 11.2 Å². The number of benzene rings is 3. The molecule has 2 aliphatic carbocycles. The summed E-state index contributed by atoms with van der Waals surface area (Å²) in [5.41, 5.74) is 6.15. The number of aliphatic hydroxyl groups is 1. The molecule has 3 aromatic carbocycles. The van der Waals surface area contributed by atoms with Crippen LogP contribution in [0.2, 0.25) is 5.02 Å².